The summed E-state index contributed by atoms with van der Waals surface area (Å²) in [4.78, 5) is 26.6. The van der Waals surface area contributed by atoms with E-state index in [2.05, 4.69) is 17.6 Å². The Balaban J connectivity index is 2.05. The molecule has 2 aromatic carbocycles. The Bertz CT molecular complexity index is 813. The molecule has 156 valence electrons. The molecule has 0 saturated carbocycles. The predicted octanol–water partition coefficient (Wildman–Crippen LogP) is 4.23. The average Bonchev–Trinajstić information content (AvgIpc) is 2.73. The lowest BCUT2D eigenvalue weighted by molar-refractivity contribution is 0.102. The van der Waals surface area contributed by atoms with Crippen LogP contribution in [0.15, 0.2) is 48.5 Å². The van der Waals surface area contributed by atoms with E-state index in [0.717, 1.165) is 35.7 Å². The van der Waals surface area contributed by atoms with Crippen LogP contribution in [0.5, 0.6) is 5.75 Å². The van der Waals surface area contributed by atoms with Gasteiger partial charge in [-0.15, -0.1) is 0 Å². The van der Waals surface area contributed by atoms with Gasteiger partial charge in [-0.25, -0.2) is 4.79 Å². The van der Waals surface area contributed by atoms with Crippen molar-refractivity contribution in [3.05, 3.63) is 59.7 Å². The number of hydrogen-bond donors (Lipinski definition) is 2. The maximum absolute atomic E-state index is 12.8. The third-order valence-corrected chi connectivity index (χ3v) is 5.16. The zero-order valence-corrected chi connectivity index (χ0v) is 18.1. The Morgan fingerprint density at radius 3 is 2.69 bits per heavy atom. The number of amides is 2. The van der Waals surface area contributed by atoms with Crippen molar-refractivity contribution in [2.24, 2.45) is 0 Å². The molecule has 2 aromatic rings. The fourth-order valence-corrected chi connectivity index (χ4v) is 3.28. The van der Waals surface area contributed by atoms with Crippen LogP contribution in [0.1, 0.15) is 29.3 Å². The minimum absolute atomic E-state index is 0.244. The van der Waals surface area contributed by atoms with Gasteiger partial charge >= 0.3 is 6.09 Å². The van der Waals surface area contributed by atoms with Gasteiger partial charge in [0.05, 0.1) is 5.56 Å². The Hall–Kier alpha value is -2.51. The van der Waals surface area contributed by atoms with Crippen molar-refractivity contribution in [1.29, 1.82) is 0 Å². The van der Waals surface area contributed by atoms with E-state index in [1.807, 2.05) is 43.1 Å². The highest BCUT2D eigenvalue weighted by Crippen LogP contribution is 2.22. The van der Waals surface area contributed by atoms with Crippen molar-refractivity contribution in [3.63, 3.8) is 0 Å². The summed E-state index contributed by atoms with van der Waals surface area (Å²) in [6.07, 6.45) is 0.330. The van der Waals surface area contributed by atoms with Crippen LogP contribution in [0.25, 0.3) is 0 Å². The van der Waals surface area contributed by atoms with Gasteiger partial charge in [0.15, 0.2) is 0 Å². The van der Waals surface area contributed by atoms with Crippen LogP contribution in [-0.2, 0) is 5.75 Å². The van der Waals surface area contributed by atoms with Crippen molar-refractivity contribution >= 4 is 29.4 Å². The van der Waals surface area contributed by atoms with E-state index in [-0.39, 0.29) is 11.7 Å². The minimum Gasteiger partial charge on any atom is -0.409 e. The number of carbonyl (C=O) groups excluding carboxylic acids is 2. The van der Waals surface area contributed by atoms with Gasteiger partial charge in [0.2, 0.25) is 0 Å². The molecule has 0 radical (unpaired) electrons. The van der Waals surface area contributed by atoms with Gasteiger partial charge in [-0.1, -0.05) is 31.2 Å². The molecule has 0 unspecified atom stereocenters. The zero-order chi connectivity index (χ0) is 21.1. The fraction of sp³-hybridized carbons (Fsp3) is 0.364. The highest BCUT2D eigenvalue weighted by atomic mass is 32.2. The quantitative estimate of drug-likeness (QED) is 0.568. The first-order valence-corrected chi connectivity index (χ1v) is 10.8. The number of nitrogens with zero attached hydrogens (tertiary/aromatic N) is 1. The molecule has 0 aliphatic rings. The lowest BCUT2D eigenvalue weighted by Crippen LogP contribution is -2.32. The Labute approximate surface area is 177 Å². The molecule has 0 fully saturated rings. The standard InChI is InChI=1S/C22H29N3O3S/c1-4-29-16-17-9-7-10-18(15-17)24-21(26)19-11-5-6-12-20(19)28-22(27)25(3)14-8-13-23-2/h5-7,9-12,15,23H,4,8,13-14,16H2,1-3H3,(H,24,26). The fourth-order valence-electron chi connectivity index (χ4n) is 2.66. The second kappa shape index (κ2) is 12.1. The summed E-state index contributed by atoms with van der Waals surface area (Å²) in [6.45, 7) is 3.50. The number of para-hydroxylation sites is 1. The van der Waals surface area contributed by atoms with E-state index in [1.54, 1.807) is 31.3 Å². The summed E-state index contributed by atoms with van der Waals surface area (Å²) < 4.78 is 5.48. The highest BCUT2D eigenvalue weighted by molar-refractivity contribution is 7.98. The van der Waals surface area contributed by atoms with Gasteiger partial charge in [-0.2, -0.15) is 11.8 Å². The van der Waals surface area contributed by atoms with E-state index in [1.165, 1.54) is 4.90 Å². The minimum atomic E-state index is -0.486. The molecule has 0 spiro atoms. The molecule has 0 aliphatic heterocycles. The monoisotopic (exact) mass is 415 g/mol. The van der Waals surface area contributed by atoms with Crippen LogP contribution in [0, 0.1) is 0 Å². The Morgan fingerprint density at radius 1 is 1.14 bits per heavy atom. The molecule has 6 nitrogen and oxygen atoms in total. The molecule has 0 saturated heterocycles. The predicted molar refractivity (Wildman–Crippen MR) is 120 cm³/mol. The smallest absolute Gasteiger partial charge is 0.409 e. The molecule has 0 aliphatic carbocycles. The largest absolute Gasteiger partial charge is 0.414 e. The Kier molecular flexibility index (Phi) is 9.53. The molecule has 2 N–H and O–H groups in total. The van der Waals surface area contributed by atoms with Crippen LogP contribution in [0.2, 0.25) is 0 Å². The van der Waals surface area contributed by atoms with Crippen LogP contribution in [0.3, 0.4) is 0 Å². The van der Waals surface area contributed by atoms with Crippen molar-refractivity contribution in [1.82, 2.24) is 10.2 Å². The lowest BCUT2D eigenvalue weighted by Gasteiger charge is -2.18. The Morgan fingerprint density at radius 2 is 1.93 bits per heavy atom. The van der Waals surface area contributed by atoms with E-state index in [9.17, 15) is 9.59 Å². The van der Waals surface area contributed by atoms with Crippen molar-refractivity contribution in [2.45, 2.75) is 19.1 Å². The lowest BCUT2D eigenvalue weighted by atomic mass is 10.1. The van der Waals surface area contributed by atoms with Crippen LogP contribution in [-0.4, -0.2) is 49.8 Å². The van der Waals surface area contributed by atoms with Gasteiger partial charge in [-0.05, 0) is 55.6 Å². The molecule has 7 heteroatoms. The van der Waals surface area contributed by atoms with Crippen molar-refractivity contribution in [3.8, 4) is 5.75 Å². The highest BCUT2D eigenvalue weighted by Gasteiger charge is 2.17. The van der Waals surface area contributed by atoms with Gasteiger partial charge in [0.25, 0.3) is 5.91 Å². The summed E-state index contributed by atoms with van der Waals surface area (Å²) in [5.74, 6) is 1.87. The van der Waals surface area contributed by atoms with E-state index in [4.69, 9.17) is 4.74 Å². The number of anilines is 1. The van der Waals surface area contributed by atoms with E-state index in [0.29, 0.717) is 12.1 Å². The van der Waals surface area contributed by atoms with E-state index < -0.39 is 6.09 Å². The summed E-state index contributed by atoms with van der Waals surface area (Å²) in [5, 5.41) is 5.94. The molecule has 2 amide bonds. The molecule has 0 bridgehead atoms. The first-order valence-electron chi connectivity index (χ1n) is 9.69. The maximum Gasteiger partial charge on any atom is 0.414 e. The first-order chi connectivity index (χ1) is 14.0. The van der Waals surface area contributed by atoms with Crippen LogP contribution in [0.4, 0.5) is 10.5 Å². The third-order valence-electron chi connectivity index (χ3n) is 4.22. The molecule has 0 atom stereocenters. The normalized spacial score (nSPS) is 10.4. The molecular formula is C22H29N3O3S. The molecule has 0 aromatic heterocycles. The van der Waals surface area contributed by atoms with E-state index >= 15 is 0 Å². The number of rotatable bonds is 10. The van der Waals surface area contributed by atoms with Crippen molar-refractivity contribution in [2.75, 3.05) is 38.3 Å². The summed E-state index contributed by atoms with van der Waals surface area (Å²) >= 11 is 1.83. The maximum atomic E-state index is 12.8. The van der Waals surface area contributed by atoms with Crippen molar-refractivity contribution < 1.29 is 14.3 Å². The third kappa shape index (κ3) is 7.44. The van der Waals surface area contributed by atoms with Gasteiger partial charge in [0, 0.05) is 25.0 Å². The second-order valence-electron chi connectivity index (χ2n) is 6.53. The number of thioether (sulfide) groups is 1. The number of hydrogen-bond acceptors (Lipinski definition) is 5. The number of carbonyl (C=O) groups is 2. The average molecular weight is 416 g/mol. The summed E-state index contributed by atoms with van der Waals surface area (Å²) in [7, 11) is 3.55. The topological polar surface area (TPSA) is 70.7 Å². The number of nitrogens with one attached hydrogen (secondary N) is 2. The molecule has 2 rings (SSSR count). The molecule has 29 heavy (non-hydrogen) atoms. The summed E-state index contributed by atoms with van der Waals surface area (Å²) in [6, 6.07) is 14.5. The first kappa shape index (κ1) is 22.8. The summed E-state index contributed by atoms with van der Waals surface area (Å²) in [5.41, 5.74) is 2.19. The zero-order valence-electron chi connectivity index (χ0n) is 17.2. The van der Waals surface area contributed by atoms with Gasteiger partial charge in [0.1, 0.15) is 5.75 Å². The number of ether oxygens (including phenoxy) is 1. The van der Waals surface area contributed by atoms with Crippen LogP contribution < -0.4 is 15.4 Å². The molecular weight excluding hydrogens is 386 g/mol. The van der Waals surface area contributed by atoms with Gasteiger partial charge < -0.3 is 20.3 Å². The second-order valence-corrected chi connectivity index (χ2v) is 7.81. The molecule has 0 heterocycles. The SMILES string of the molecule is CCSCc1cccc(NC(=O)c2ccccc2OC(=O)N(C)CCCNC)c1. The van der Waals surface area contributed by atoms with Gasteiger partial charge in [-0.3, -0.25) is 4.79 Å². The number of benzene rings is 2. The van der Waals surface area contributed by atoms with Crippen LogP contribution >= 0.6 is 11.8 Å².